The van der Waals surface area contributed by atoms with Crippen molar-refractivity contribution in [1.29, 1.82) is 0 Å². The quantitative estimate of drug-likeness (QED) is 0.641. The fraction of sp³-hybridized carbons (Fsp3) is 0.353. The van der Waals surface area contributed by atoms with Crippen LogP contribution in [0, 0.1) is 5.92 Å². The molecule has 0 unspecified atom stereocenters. The van der Waals surface area contributed by atoms with E-state index in [9.17, 15) is 14.4 Å². The number of esters is 1. The van der Waals surface area contributed by atoms with Crippen LogP contribution in [0.2, 0.25) is 0 Å². The Hall–Kier alpha value is -2.63. The van der Waals surface area contributed by atoms with E-state index >= 15 is 0 Å². The SMILES string of the molecule is C[C@@H](OC(=O)[C@@H]1CC=CCC1)C(=O)Nc1ccc(C(N)=O)cc1. The first kappa shape index (κ1) is 16.7. The van der Waals surface area contributed by atoms with E-state index in [1.54, 1.807) is 12.1 Å². The number of nitrogens with two attached hydrogens (primary N) is 1. The number of primary amides is 1. The number of nitrogens with one attached hydrogen (secondary N) is 1. The highest BCUT2D eigenvalue weighted by atomic mass is 16.5. The van der Waals surface area contributed by atoms with Crippen LogP contribution in [0.15, 0.2) is 36.4 Å². The van der Waals surface area contributed by atoms with Crippen molar-refractivity contribution in [1.82, 2.24) is 0 Å². The molecule has 122 valence electrons. The molecule has 0 saturated carbocycles. The molecule has 0 aromatic heterocycles. The molecule has 3 N–H and O–H groups in total. The maximum atomic E-state index is 12.1. The molecular weight excluding hydrogens is 296 g/mol. The van der Waals surface area contributed by atoms with Crippen LogP contribution in [-0.4, -0.2) is 23.9 Å². The van der Waals surface area contributed by atoms with Crippen LogP contribution in [0.1, 0.15) is 36.5 Å². The molecule has 0 bridgehead atoms. The van der Waals surface area contributed by atoms with Crippen LogP contribution < -0.4 is 11.1 Å². The summed E-state index contributed by atoms with van der Waals surface area (Å²) in [5.41, 5.74) is 6.01. The highest BCUT2D eigenvalue weighted by Gasteiger charge is 2.25. The normalized spacial score (nSPS) is 18.0. The topological polar surface area (TPSA) is 98.5 Å². The molecule has 6 nitrogen and oxygen atoms in total. The maximum Gasteiger partial charge on any atom is 0.310 e. The van der Waals surface area contributed by atoms with Crippen molar-refractivity contribution in [3.8, 4) is 0 Å². The molecule has 0 saturated heterocycles. The van der Waals surface area contributed by atoms with E-state index in [-0.39, 0.29) is 11.9 Å². The molecule has 0 spiro atoms. The molecule has 6 heteroatoms. The lowest BCUT2D eigenvalue weighted by Gasteiger charge is -2.19. The summed E-state index contributed by atoms with van der Waals surface area (Å²) in [6.45, 7) is 1.53. The van der Waals surface area contributed by atoms with Gasteiger partial charge in [-0.2, -0.15) is 0 Å². The summed E-state index contributed by atoms with van der Waals surface area (Å²) in [6.07, 6.45) is 5.37. The van der Waals surface area contributed by atoms with Gasteiger partial charge in [-0.1, -0.05) is 12.2 Å². The fourth-order valence-electron chi connectivity index (χ4n) is 2.29. The first-order chi connectivity index (χ1) is 11.0. The van der Waals surface area contributed by atoms with Gasteiger partial charge in [0.25, 0.3) is 5.91 Å². The summed E-state index contributed by atoms with van der Waals surface area (Å²) in [4.78, 5) is 35.0. The van der Waals surface area contributed by atoms with Gasteiger partial charge in [0.2, 0.25) is 5.91 Å². The molecule has 1 aromatic rings. The van der Waals surface area contributed by atoms with Gasteiger partial charge in [-0.25, -0.2) is 0 Å². The third-order valence-corrected chi connectivity index (χ3v) is 3.70. The first-order valence-corrected chi connectivity index (χ1v) is 7.53. The van der Waals surface area contributed by atoms with E-state index in [4.69, 9.17) is 10.5 Å². The maximum absolute atomic E-state index is 12.1. The van der Waals surface area contributed by atoms with E-state index in [1.807, 2.05) is 12.2 Å². The van der Waals surface area contributed by atoms with E-state index in [2.05, 4.69) is 5.32 Å². The first-order valence-electron chi connectivity index (χ1n) is 7.53. The Morgan fingerprint density at radius 1 is 1.22 bits per heavy atom. The van der Waals surface area contributed by atoms with Gasteiger partial charge in [-0.15, -0.1) is 0 Å². The molecule has 0 fully saturated rings. The Balaban J connectivity index is 1.88. The molecule has 0 heterocycles. The van der Waals surface area contributed by atoms with Gasteiger partial charge in [0.15, 0.2) is 6.10 Å². The van der Waals surface area contributed by atoms with Gasteiger partial charge in [0, 0.05) is 11.3 Å². The van der Waals surface area contributed by atoms with Crippen molar-refractivity contribution in [3.63, 3.8) is 0 Å². The van der Waals surface area contributed by atoms with Gasteiger partial charge < -0.3 is 15.8 Å². The summed E-state index contributed by atoms with van der Waals surface area (Å²) in [5.74, 6) is -1.48. The zero-order chi connectivity index (χ0) is 16.8. The predicted octanol–water partition coefficient (Wildman–Crippen LogP) is 2.01. The molecule has 2 atom stereocenters. The molecule has 1 aliphatic carbocycles. The highest BCUT2D eigenvalue weighted by Crippen LogP contribution is 2.20. The van der Waals surface area contributed by atoms with Crippen molar-refractivity contribution in [2.75, 3.05) is 5.32 Å². The summed E-state index contributed by atoms with van der Waals surface area (Å²) in [6, 6.07) is 6.17. The van der Waals surface area contributed by atoms with Gasteiger partial charge >= 0.3 is 5.97 Å². The van der Waals surface area contributed by atoms with E-state index in [1.165, 1.54) is 19.1 Å². The smallest absolute Gasteiger partial charge is 0.310 e. The Labute approximate surface area is 134 Å². The Bertz CT molecular complexity index is 622. The Morgan fingerprint density at radius 3 is 2.48 bits per heavy atom. The number of rotatable bonds is 5. The number of carbonyl (C=O) groups excluding carboxylic acids is 3. The molecule has 2 rings (SSSR count). The number of allylic oxidation sites excluding steroid dienone is 2. The molecule has 0 aliphatic heterocycles. The monoisotopic (exact) mass is 316 g/mol. The standard InChI is InChI=1S/C17H20N2O4/c1-11(23-17(22)13-5-3-2-4-6-13)16(21)19-14-9-7-12(8-10-14)15(18)20/h2-3,7-11,13H,4-6H2,1H3,(H2,18,20)(H,19,21)/t11-,13-/m1/s1. The molecule has 23 heavy (non-hydrogen) atoms. The summed E-state index contributed by atoms with van der Waals surface area (Å²) in [7, 11) is 0. The van der Waals surface area contributed by atoms with Gasteiger partial charge in [0.05, 0.1) is 5.92 Å². The van der Waals surface area contributed by atoms with Crippen molar-refractivity contribution < 1.29 is 19.1 Å². The highest BCUT2D eigenvalue weighted by molar-refractivity contribution is 5.96. The fourth-order valence-corrected chi connectivity index (χ4v) is 2.29. The van der Waals surface area contributed by atoms with Crippen molar-refractivity contribution >= 4 is 23.5 Å². The third kappa shape index (κ3) is 4.67. The minimum absolute atomic E-state index is 0.176. The average molecular weight is 316 g/mol. The molecule has 2 amide bonds. The molecular formula is C17H20N2O4. The number of hydrogen-bond acceptors (Lipinski definition) is 4. The van der Waals surface area contributed by atoms with Crippen molar-refractivity contribution in [2.24, 2.45) is 11.7 Å². The second kappa shape index (κ2) is 7.58. The lowest BCUT2D eigenvalue weighted by molar-refractivity contribution is -0.157. The number of amides is 2. The predicted molar refractivity (Wildman–Crippen MR) is 85.6 cm³/mol. The van der Waals surface area contributed by atoms with E-state index in [0.717, 1.165) is 12.8 Å². The van der Waals surface area contributed by atoms with Crippen LogP contribution in [0.25, 0.3) is 0 Å². The lowest BCUT2D eigenvalue weighted by atomic mass is 9.95. The number of carbonyl (C=O) groups is 3. The summed E-state index contributed by atoms with van der Waals surface area (Å²) in [5, 5.41) is 2.63. The second-order valence-electron chi connectivity index (χ2n) is 5.49. The van der Waals surface area contributed by atoms with Gasteiger partial charge in [-0.05, 0) is 50.5 Å². The summed E-state index contributed by atoms with van der Waals surface area (Å²) < 4.78 is 5.23. The number of ether oxygens (including phenoxy) is 1. The van der Waals surface area contributed by atoms with E-state index < -0.39 is 17.9 Å². The minimum atomic E-state index is -0.885. The number of benzene rings is 1. The van der Waals surface area contributed by atoms with Crippen molar-refractivity contribution in [3.05, 3.63) is 42.0 Å². The van der Waals surface area contributed by atoms with Crippen LogP contribution in [0.5, 0.6) is 0 Å². The largest absolute Gasteiger partial charge is 0.452 e. The van der Waals surface area contributed by atoms with Crippen molar-refractivity contribution in [2.45, 2.75) is 32.3 Å². The molecule has 0 radical (unpaired) electrons. The Kier molecular flexibility index (Phi) is 5.51. The van der Waals surface area contributed by atoms with E-state index in [0.29, 0.717) is 17.7 Å². The number of hydrogen-bond donors (Lipinski definition) is 2. The lowest BCUT2D eigenvalue weighted by Crippen LogP contribution is -2.32. The zero-order valence-corrected chi connectivity index (χ0v) is 13.0. The molecule has 1 aromatic carbocycles. The molecule has 1 aliphatic rings. The second-order valence-corrected chi connectivity index (χ2v) is 5.49. The van der Waals surface area contributed by atoms with Crippen LogP contribution >= 0.6 is 0 Å². The zero-order valence-electron chi connectivity index (χ0n) is 13.0. The number of anilines is 1. The van der Waals surface area contributed by atoms with Crippen LogP contribution in [0.3, 0.4) is 0 Å². The Morgan fingerprint density at radius 2 is 1.91 bits per heavy atom. The minimum Gasteiger partial charge on any atom is -0.452 e. The average Bonchev–Trinajstić information content (AvgIpc) is 2.56. The third-order valence-electron chi connectivity index (χ3n) is 3.70. The van der Waals surface area contributed by atoms with Gasteiger partial charge in [-0.3, -0.25) is 14.4 Å². The summed E-state index contributed by atoms with van der Waals surface area (Å²) >= 11 is 0. The van der Waals surface area contributed by atoms with Gasteiger partial charge in [0.1, 0.15) is 0 Å². The van der Waals surface area contributed by atoms with Crippen LogP contribution in [-0.2, 0) is 14.3 Å². The van der Waals surface area contributed by atoms with Crippen LogP contribution in [0.4, 0.5) is 5.69 Å².